The minimum absolute atomic E-state index is 0.258. The molecule has 0 spiro atoms. The first-order valence-corrected chi connectivity index (χ1v) is 8.76. The number of sulfonamides is 1. The van der Waals surface area contributed by atoms with Gasteiger partial charge in [-0.3, -0.25) is 4.90 Å². The molecule has 0 unspecified atom stereocenters. The predicted molar refractivity (Wildman–Crippen MR) is 86.0 cm³/mol. The number of nitrogens with one attached hydrogen (secondary N) is 1. The van der Waals surface area contributed by atoms with Crippen LogP contribution in [-0.2, 0) is 10.0 Å². The molecule has 1 saturated heterocycles. The lowest BCUT2D eigenvalue weighted by Crippen LogP contribution is -2.47. The zero-order valence-electron chi connectivity index (χ0n) is 12.7. The van der Waals surface area contributed by atoms with Gasteiger partial charge in [0.05, 0.1) is 5.69 Å². The maximum Gasteiger partial charge on any atom is 0.242 e. The summed E-state index contributed by atoms with van der Waals surface area (Å²) >= 11 is 0. The molecule has 7 heteroatoms. The van der Waals surface area contributed by atoms with Crippen molar-refractivity contribution in [3.05, 3.63) is 18.2 Å². The molecule has 1 aliphatic heterocycles. The van der Waals surface area contributed by atoms with E-state index < -0.39 is 10.0 Å². The van der Waals surface area contributed by atoms with Gasteiger partial charge >= 0.3 is 0 Å². The SMILES string of the molecule is CCCN1CCN(c2ccc(N)cc2S(=O)(=O)NC)CC1. The fourth-order valence-corrected chi connectivity index (χ4v) is 3.63. The van der Waals surface area contributed by atoms with Crippen molar-refractivity contribution in [3.8, 4) is 0 Å². The van der Waals surface area contributed by atoms with E-state index >= 15 is 0 Å². The van der Waals surface area contributed by atoms with Crippen LogP contribution in [-0.4, -0.2) is 53.1 Å². The van der Waals surface area contributed by atoms with E-state index in [9.17, 15) is 8.42 Å². The Balaban J connectivity index is 2.25. The van der Waals surface area contributed by atoms with Crippen molar-refractivity contribution in [3.63, 3.8) is 0 Å². The second kappa shape index (κ2) is 6.64. The molecular formula is C14H24N4O2S. The average Bonchev–Trinajstić information content (AvgIpc) is 2.48. The standard InChI is InChI=1S/C14H24N4O2S/c1-3-6-17-7-9-18(10-8-17)13-5-4-12(15)11-14(13)21(19,20)16-2/h4-5,11,16H,3,6-10,15H2,1-2H3. The van der Waals surface area contributed by atoms with Gasteiger partial charge in [-0.15, -0.1) is 0 Å². The van der Waals surface area contributed by atoms with Crippen LogP contribution >= 0.6 is 0 Å². The summed E-state index contributed by atoms with van der Waals surface area (Å²) in [6, 6.07) is 5.08. The molecular weight excluding hydrogens is 288 g/mol. The van der Waals surface area contributed by atoms with E-state index in [4.69, 9.17) is 5.73 Å². The van der Waals surface area contributed by atoms with Crippen LogP contribution in [0.5, 0.6) is 0 Å². The highest BCUT2D eigenvalue weighted by Crippen LogP contribution is 2.28. The molecule has 118 valence electrons. The van der Waals surface area contributed by atoms with Crippen LogP contribution in [0.4, 0.5) is 11.4 Å². The van der Waals surface area contributed by atoms with Gasteiger partial charge in [0, 0.05) is 31.9 Å². The predicted octanol–water partition coefficient (Wildman–Crippen LogP) is 0.709. The summed E-state index contributed by atoms with van der Waals surface area (Å²) in [4.78, 5) is 4.78. The highest BCUT2D eigenvalue weighted by molar-refractivity contribution is 7.89. The average molecular weight is 312 g/mol. The maximum absolute atomic E-state index is 12.2. The lowest BCUT2D eigenvalue weighted by atomic mass is 10.2. The Morgan fingerprint density at radius 2 is 1.90 bits per heavy atom. The fraction of sp³-hybridized carbons (Fsp3) is 0.571. The number of rotatable bonds is 5. The van der Waals surface area contributed by atoms with Crippen LogP contribution in [0.25, 0.3) is 0 Å². The minimum Gasteiger partial charge on any atom is -0.399 e. The molecule has 21 heavy (non-hydrogen) atoms. The molecule has 0 aliphatic carbocycles. The number of nitrogens with two attached hydrogens (primary N) is 1. The summed E-state index contributed by atoms with van der Waals surface area (Å²) < 4.78 is 26.7. The number of hydrogen-bond acceptors (Lipinski definition) is 5. The quantitative estimate of drug-likeness (QED) is 0.783. The summed E-state index contributed by atoms with van der Waals surface area (Å²) in [5.74, 6) is 0. The van der Waals surface area contributed by atoms with E-state index in [1.165, 1.54) is 13.1 Å². The van der Waals surface area contributed by atoms with Crippen LogP contribution in [0, 0.1) is 0 Å². The Morgan fingerprint density at radius 3 is 2.48 bits per heavy atom. The van der Waals surface area contributed by atoms with Crippen molar-refractivity contribution in [2.75, 3.05) is 50.4 Å². The van der Waals surface area contributed by atoms with Gasteiger partial charge in [0.25, 0.3) is 0 Å². The van der Waals surface area contributed by atoms with Crippen LogP contribution in [0.3, 0.4) is 0 Å². The monoisotopic (exact) mass is 312 g/mol. The smallest absolute Gasteiger partial charge is 0.242 e. The normalized spacial score (nSPS) is 17.1. The number of anilines is 2. The van der Waals surface area contributed by atoms with Crippen LogP contribution in [0.15, 0.2) is 23.1 Å². The fourth-order valence-electron chi connectivity index (χ4n) is 2.65. The van der Waals surface area contributed by atoms with Crippen molar-refractivity contribution in [1.29, 1.82) is 0 Å². The number of hydrogen-bond donors (Lipinski definition) is 2. The van der Waals surface area contributed by atoms with Crippen molar-refractivity contribution in [2.45, 2.75) is 18.2 Å². The van der Waals surface area contributed by atoms with Gasteiger partial charge in [-0.05, 0) is 38.2 Å². The van der Waals surface area contributed by atoms with E-state index in [0.29, 0.717) is 5.69 Å². The maximum atomic E-state index is 12.2. The van der Waals surface area contributed by atoms with Crippen LogP contribution in [0.2, 0.25) is 0 Å². The molecule has 1 aromatic rings. The Hall–Kier alpha value is -1.31. The second-order valence-corrected chi connectivity index (χ2v) is 7.12. The summed E-state index contributed by atoms with van der Waals surface area (Å²) in [7, 11) is -2.09. The number of benzene rings is 1. The van der Waals surface area contributed by atoms with Gasteiger partial charge in [0.1, 0.15) is 4.90 Å². The van der Waals surface area contributed by atoms with Gasteiger partial charge in [-0.1, -0.05) is 6.92 Å². The number of nitrogens with zero attached hydrogens (tertiary/aromatic N) is 2. The molecule has 1 heterocycles. The third kappa shape index (κ3) is 3.66. The highest BCUT2D eigenvalue weighted by atomic mass is 32.2. The molecule has 2 rings (SSSR count). The van der Waals surface area contributed by atoms with Crippen molar-refractivity contribution in [1.82, 2.24) is 9.62 Å². The van der Waals surface area contributed by atoms with Gasteiger partial charge < -0.3 is 10.6 Å². The topological polar surface area (TPSA) is 78.7 Å². The van der Waals surface area contributed by atoms with Crippen molar-refractivity contribution in [2.24, 2.45) is 0 Å². The molecule has 1 aliphatic rings. The second-order valence-electron chi connectivity index (χ2n) is 5.26. The Kier molecular flexibility index (Phi) is 5.08. The Morgan fingerprint density at radius 1 is 1.24 bits per heavy atom. The van der Waals surface area contributed by atoms with Crippen molar-refractivity contribution < 1.29 is 8.42 Å². The molecule has 0 bridgehead atoms. The molecule has 0 aromatic heterocycles. The molecule has 0 atom stereocenters. The lowest BCUT2D eigenvalue weighted by Gasteiger charge is -2.36. The van der Waals surface area contributed by atoms with Crippen molar-refractivity contribution >= 4 is 21.4 Å². The van der Waals surface area contributed by atoms with Gasteiger partial charge in [0.2, 0.25) is 10.0 Å². The molecule has 1 fully saturated rings. The zero-order chi connectivity index (χ0) is 15.5. The van der Waals surface area contributed by atoms with E-state index in [0.717, 1.165) is 44.8 Å². The first-order chi connectivity index (χ1) is 9.97. The highest BCUT2D eigenvalue weighted by Gasteiger charge is 2.23. The molecule has 0 saturated carbocycles. The summed E-state index contributed by atoms with van der Waals surface area (Å²) in [6.45, 7) is 6.84. The largest absolute Gasteiger partial charge is 0.399 e. The van der Waals surface area contributed by atoms with E-state index in [1.807, 2.05) is 0 Å². The number of nitrogen functional groups attached to an aromatic ring is 1. The first kappa shape index (κ1) is 16.1. The van der Waals surface area contributed by atoms with Crippen LogP contribution < -0.4 is 15.4 Å². The van der Waals surface area contributed by atoms with Gasteiger partial charge in [-0.2, -0.15) is 0 Å². The third-order valence-electron chi connectivity index (χ3n) is 3.79. The Bertz CT molecular complexity index is 581. The van der Waals surface area contributed by atoms with E-state index in [-0.39, 0.29) is 4.90 Å². The molecule has 3 N–H and O–H groups in total. The molecule has 6 nitrogen and oxygen atoms in total. The molecule has 1 aromatic carbocycles. The summed E-state index contributed by atoms with van der Waals surface area (Å²) in [6.07, 6.45) is 1.14. The van der Waals surface area contributed by atoms with Crippen LogP contribution in [0.1, 0.15) is 13.3 Å². The number of piperazine rings is 1. The Labute approximate surface area is 127 Å². The molecule has 0 amide bonds. The summed E-state index contributed by atoms with van der Waals surface area (Å²) in [5.41, 5.74) is 6.94. The third-order valence-corrected chi connectivity index (χ3v) is 5.24. The lowest BCUT2D eigenvalue weighted by molar-refractivity contribution is 0.258. The zero-order valence-corrected chi connectivity index (χ0v) is 13.5. The molecule has 0 radical (unpaired) electrons. The first-order valence-electron chi connectivity index (χ1n) is 7.28. The summed E-state index contributed by atoms with van der Waals surface area (Å²) in [5, 5.41) is 0. The van der Waals surface area contributed by atoms with E-state index in [1.54, 1.807) is 12.1 Å². The van der Waals surface area contributed by atoms with E-state index in [2.05, 4.69) is 21.4 Å². The van der Waals surface area contributed by atoms with Gasteiger partial charge in [-0.25, -0.2) is 13.1 Å². The minimum atomic E-state index is -3.51. The van der Waals surface area contributed by atoms with Gasteiger partial charge in [0.15, 0.2) is 0 Å².